The first-order chi connectivity index (χ1) is 8.47. The zero-order valence-electron chi connectivity index (χ0n) is 10.8. The van der Waals surface area contributed by atoms with E-state index < -0.39 is 6.04 Å². The van der Waals surface area contributed by atoms with E-state index in [1.807, 2.05) is 18.7 Å². The van der Waals surface area contributed by atoms with Crippen LogP contribution in [0.5, 0.6) is 0 Å². The molecular weight excluding hydrogens is 318 g/mol. The molecule has 1 aromatic heterocycles. The van der Waals surface area contributed by atoms with Gasteiger partial charge in [-0.3, -0.25) is 9.48 Å². The smallest absolute Gasteiger partial charge is 0.322 e. The van der Waals surface area contributed by atoms with Gasteiger partial charge < -0.3 is 10.5 Å². The van der Waals surface area contributed by atoms with Crippen LogP contribution in [-0.2, 0) is 22.3 Å². The average Bonchev–Trinajstić information content (AvgIpc) is 2.58. The molecule has 1 unspecified atom stereocenters. The molecule has 0 aliphatic heterocycles. The van der Waals surface area contributed by atoms with E-state index in [4.69, 9.17) is 5.73 Å². The molecule has 102 valence electrons. The van der Waals surface area contributed by atoms with Crippen molar-refractivity contribution in [3.05, 3.63) is 15.9 Å². The number of halogens is 1. The third-order valence-electron chi connectivity index (χ3n) is 2.58. The standard InChI is InChI=1S/C11H18BrN3O2S/c1-7-10(12)9(15(2)14-7)6-18-5-4-8(13)11(16)17-3/h8H,4-6,13H2,1-3H3. The van der Waals surface area contributed by atoms with Gasteiger partial charge in [0, 0.05) is 12.8 Å². The molecule has 0 saturated carbocycles. The highest BCUT2D eigenvalue weighted by molar-refractivity contribution is 9.10. The van der Waals surface area contributed by atoms with Crippen LogP contribution in [0.25, 0.3) is 0 Å². The summed E-state index contributed by atoms with van der Waals surface area (Å²) >= 11 is 5.25. The minimum Gasteiger partial charge on any atom is -0.468 e. The maximum Gasteiger partial charge on any atom is 0.322 e. The van der Waals surface area contributed by atoms with Crippen molar-refractivity contribution in [2.45, 2.75) is 25.1 Å². The monoisotopic (exact) mass is 335 g/mol. The number of esters is 1. The first-order valence-corrected chi connectivity index (χ1v) is 7.51. The lowest BCUT2D eigenvalue weighted by atomic mass is 10.2. The van der Waals surface area contributed by atoms with Crippen LogP contribution in [0.2, 0.25) is 0 Å². The van der Waals surface area contributed by atoms with Crippen LogP contribution in [0.4, 0.5) is 0 Å². The van der Waals surface area contributed by atoms with Crippen molar-refractivity contribution in [2.24, 2.45) is 12.8 Å². The van der Waals surface area contributed by atoms with E-state index in [1.54, 1.807) is 11.8 Å². The summed E-state index contributed by atoms with van der Waals surface area (Å²) in [6, 6.07) is -0.529. The van der Waals surface area contributed by atoms with Gasteiger partial charge in [0.25, 0.3) is 0 Å². The van der Waals surface area contributed by atoms with E-state index in [-0.39, 0.29) is 5.97 Å². The minimum atomic E-state index is -0.529. The molecule has 1 heterocycles. The van der Waals surface area contributed by atoms with Crippen LogP contribution in [0, 0.1) is 6.92 Å². The maximum absolute atomic E-state index is 11.1. The number of thioether (sulfide) groups is 1. The Morgan fingerprint density at radius 2 is 2.33 bits per heavy atom. The van der Waals surface area contributed by atoms with E-state index in [9.17, 15) is 4.79 Å². The normalized spacial score (nSPS) is 12.5. The second-order valence-corrected chi connectivity index (χ2v) is 5.84. The summed E-state index contributed by atoms with van der Waals surface area (Å²) in [7, 11) is 3.28. The average molecular weight is 336 g/mol. The summed E-state index contributed by atoms with van der Waals surface area (Å²) in [4.78, 5) is 11.1. The fourth-order valence-corrected chi connectivity index (χ4v) is 3.24. The number of aromatic nitrogens is 2. The van der Waals surface area contributed by atoms with Crippen molar-refractivity contribution in [1.29, 1.82) is 0 Å². The van der Waals surface area contributed by atoms with E-state index in [2.05, 4.69) is 25.8 Å². The number of carbonyl (C=O) groups excluding carboxylic acids is 1. The first-order valence-electron chi connectivity index (χ1n) is 5.56. The number of nitrogens with two attached hydrogens (primary N) is 1. The molecule has 2 N–H and O–H groups in total. The fraction of sp³-hybridized carbons (Fsp3) is 0.636. The third kappa shape index (κ3) is 4.00. The van der Waals surface area contributed by atoms with Gasteiger partial charge in [-0.05, 0) is 35.0 Å². The van der Waals surface area contributed by atoms with Gasteiger partial charge in [0.05, 0.1) is 23.0 Å². The molecule has 1 aromatic rings. The zero-order chi connectivity index (χ0) is 13.7. The van der Waals surface area contributed by atoms with Gasteiger partial charge in [0.1, 0.15) is 6.04 Å². The van der Waals surface area contributed by atoms with E-state index >= 15 is 0 Å². The van der Waals surface area contributed by atoms with Gasteiger partial charge in [-0.15, -0.1) is 0 Å². The predicted molar refractivity (Wildman–Crippen MR) is 76.4 cm³/mol. The summed E-state index contributed by atoms with van der Waals surface area (Å²) in [6.07, 6.45) is 0.617. The summed E-state index contributed by atoms with van der Waals surface area (Å²) in [6.45, 7) is 1.96. The zero-order valence-corrected chi connectivity index (χ0v) is 13.2. The molecule has 0 fully saturated rings. The number of aryl methyl sites for hydroxylation is 2. The second-order valence-electron chi connectivity index (χ2n) is 3.94. The number of carbonyl (C=O) groups is 1. The second kappa shape index (κ2) is 7.16. The number of hydrogen-bond donors (Lipinski definition) is 1. The molecule has 0 bridgehead atoms. The molecule has 0 aliphatic carbocycles. The van der Waals surface area contributed by atoms with Crippen molar-refractivity contribution in [3.63, 3.8) is 0 Å². The third-order valence-corrected chi connectivity index (χ3v) is 4.61. The molecule has 5 nitrogen and oxygen atoms in total. The number of hydrogen-bond acceptors (Lipinski definition) is 5. The lowest BCUT2D eigenvalue weighted by Crippen LogP contribution is -2.31. The van der Waals surface area contributed by atoms with Gasteiger partial charge in [-0.25, -0.2) is 0 Å². The van der Waals surface area contributed by atoms with Gasteiger partial charge in [0.15, 0.2) is 0 Å². The Bertz CT molecular complexity index is 423. The molecule has 0 aliphatic rings. The molecule has 0 radical (unpaired) electrons. The van der Waals surface area contributed by atoms with E-state index in [0.717, 1.165) is 27.4 Å². The van der Waals surface area contributed by atoms with Crippen molar-refractivity contribution < 1.29 is 9.53 Å². The molecule has 1 atom stereocenters. The Hall–Kier alpha value is -0.530. The molecule has 0 spiro atoms. The van der Waals surface area contributed by atoms with Crippen LogP contribution in [0.1, 0.15) is 17.8 Å². The molecular formula is C11H18BrN3O2S. The molecule has 18 heavy (non-hydrogen) atoms. The van der Waals surface area contributed by atoms with Crippen molar-refractivity contribution in [2.75, 3.05) is 12.9 Å². The Morgan fingerprint density at radius 1 is 1.67 bits per heavy atom. The molecule has 0 saturated heterocycles. The molecule has 7 heteroatoms. The molecule has 0 amide bonds. The number of methoxy groups -OCH3 is 1. The summed E-state index contributed by atoms with van der Waals surface area (Å²) in [5.74, 6) is 1.30. The van der Waals surface area contributed by atoms with Gasteiger partial charge >= 0.3 is 5.97 Å². The molecule has 0 aromatic carbocycles. The highest BCUT2D eigenvalue weighted by Gasteiger charge is 2.14. The Kier molecular flexibility index (Phi) is 6.17. The number of rotatable bonds is 6. The Morgan fingerprint density at radius 3 is 2.83 bits per heavy atom. The van der Waals surface area contributed by atoms with Gasteiger partial charge in [-0.2, -0.15) is 16.9 Å². The summed E-state index contributed by atoms with van der Waals surface area (Å²) < 4.78 is 7.49. The SMILES string of the molecule is COC(=O)C(N)CCSCc1c(Br)c(C)nn1C. The summed E-state index contributed by atoms with van der Waals surface area (Å²) in [5, 5.41) is 4.32. The topological polar surface area (TPSA) is 70.1 Å². The molecule has 1 rings (SSSR count). The fourth-order valence-electron chi connectivity index (χ4n) is 1.49. The number of nitrogens with zero attached hydrogens (tertiary/aromatic N) is 2. The van der Waals surface area contributed by atoms with Crippen molar-refractivity contribution >= 4 is 33.7 Å². The Labute approximate surface area is 120 Å². The van der Waals surface area contributed by atoms with Crippen molar-refractivity contribution in [1.82, 2.24) is 9.78 Å². The van der Waals surface area contributed by atoms with E-state index in [0.29, 0.717) is 6.42 Å². The quantitative estimate of drug-likeness (QED) is 0.631. The van der Waals surface area contributed by atoms with Crippen LogP contribution < -0.4 is 5.73 Å². The first kappa shape index (κ1) is 15.5. The van der Waals surface area contributed by atoms with Crippen molar-refractivity contribution in [3.8, 4) is 0 Å². The van der Waals surface area contributed by atoms with Gasteiger partial charge in [0.2, 0.25) is 0 Å². The highest BCUT2D eigenvalue weighted by Crippen LogP contribution is 2.24. The lowest BCUT2D eigenvalue weighted by molar-refractivity contribution is -0.142. The van der Waals surface area contributed by atoms with Gasteiger partial charge in [-0.1, -0.05) is 0 Å². The predicted octanol–water partition coefficient (Wildman–Crippen LogP) is 1.61. The number of ether oxygens (including phenoxy) is 1. The summed E-state index contributed by atoms with van der Waals surface area (Å²) in [5.41, 5.74) is 7.78. The largest absolute Gasteiger partial charge is 0.468 e. The van der Waals surface area contributed by atoms with Crippen LogP contribution in [0.15, 0.2) is 4.47 Å². The maximum atomic E-state index is 11.1. The van der Waals surface area contributed by atoms with Crippen LogP contribution in [0.3, 0.4) is 0 Å². The minimum absolute atomic E-state index is 0.354. The lowest BCUT2D eigenvalue weighted by Gasteiger charge is -2.08. The highest BCUT2D eigenvalue weighted by atomic mass is 79.9. The van der Waals surface area contributed by atoms with E-state index in [1.165, 1.54) is 7.11 Å². The Balaban J connectivity index is 2.36. The van der Waals surface area contributed by atoms with Crippen LogP contribution >= 0.6 is 27.7 Å². The van der Waals surface area contributed by atoms with Crippen LogP contribution in [-0.4, -0.2) is 34.7 Å².